The van der Waals surface area contributed by atoms with Gasteiger partial charge >= 0.3 is 5.97 Å². The van der Waals surface area contributed by atoms with Gasteiger partial charge in [-0.1, -0.05) is 6.07 Å². The highest BCUT2D eigenvalue weighted by molar-refractivity contribution is 5.91. The van der Waals surface area contributed by atoms with Crippen molar-refractivity contribution in [2.24, 2.45) is 0 Å². The molecular formula is C20H23NO6. The lowest BCUT2D eigenvalue weighted by molar-refractivity contribution is -0.124. The number of aromatic hydroxyl groups is 1. The maximum absolute atomic E-state index is 12.1. The highest BCUT2D eigenvalue weighted by atomic mass is 16.5. The highest BCUT2D eigenvalue weighted by Crippen LogP contribution is 2.29. The predicted octanol–water partition coefficient (Wildman–Crippen LogP) is 2.75. The van der Waals surface area contributed by atoms with Crippen LogP contribution < -0.4 is 14.8 Å². The topological polar surface area (TPSA) is 94.1 Å². The van der Waals surface area contributed by atoms with Crippen molar-refractivity contribution in [3.8, 4) is 17.2 Å². The van der Waals surface area contributed by atoms with Crippen LogP contribution in [0.5, 0.6) is 17.2 Å². The summed E-state index contributed by atoms with van der Waals surface area (Å²) in [5.74, 6) is 0.0880. The van der Waals surface area contributed by atoms with Crippen molar-refractivity contribution in [3.05, 3.63) is 53.1 Å². The van der Waals surface area contributed by atoms with Crippen molar-refractivity contribution in [2.45, 2.75) is 19.9 Å². The van der Waals surface area contributed by atoms with Gasteiger partial charge in [0.1, 0.15) is 17.2 Å². The number of methoxy groups -OCH3 is 2. The van der Waals surface area contributed by atoms with Crippen molar-refractivity contribution < 1.29 is 28.9 Å². The van der Waals surface area contributed by atoms with E-state index in [1.807, 2.05) is 0 Å². The zero-order chi connectivity index (χ0) is 20.0. The Bertz CT molecular complexity index is 833. The summed E-state index contributed by atoms with van der Waals surface area (Å²) in [5.41, 5.74) is 1.55. The van der Waals surface area contributed by atoms with E-state index in [0.717, 1.165) is 5.56 Å². The van der Waals surface area contributed by atoms with Crippen molar-refractivity contribution in [1.82, 2.24) is 5.32 Å². The fraction of sp³-hybridized carbons (Fsp3) is 0.300. The van der Waals surface area contributed by atoms with E-state index in [4.69, 9.17) is 14.2 Å². The molecule has 0 aliphatic heterocycles. The minimum absolute atomic E-state index is 0.00681. The molecule has 0 bridgehead atoms. The Hall–Kier alpha value is -3.22. The molecule has 1 atom stereocenters. The summed E-state index contributed by atoms with van der Waals surface area (Å²) in [5, 5.41) is 12.4. The summed E-state index contributed by atoms with van der Waals surface area (Å²) in [4.78, 5) is 24.1. The summed E-state index contributed by atoms with van der Waals surface area (Å²) in [7, 11) is 3.09. The number of amides is 1. The second kappa shape index (κ2) is 8.93. The van der Waals surface area contributed by atoms with Crippen LogP contribution in [-0.4, -0.2) is 37.8 Å². The van der Waals surface area contributed by atoms with Gasteiger partial charge in [0, 0.05) is 5.56 Å². The van der Waals surface area contributed by atoms with E-state index in [9.17, 15) is 14.7 Å². The van der Waals surface area contributed by atoms with Crippen molar-refractivity contribution in [1.29, 1.82) is 0 Å². The Morgan fingerprint density at radius 2 is 1.85 bits per heavy atom. The van der Waals surface area contributed by atoms with Crippen LogP contribution in [0.25, 0.3) is 0 Å². The number of benzene rings is 2. The number of ether oxygens (including phenoxy) is 3. The number of rotatable bonds is 7. The van der Waals surface area contributed by atoms with Gasteiger partial charge in [-0.15, -0.1) is 0 Å². The Labute approximate surface area is 157 Å². The number of esters is 1. The molecule has 2 rings (SSSR count). The molecule has 2 aromatic rings. The van der Waals surface area contributed by atoms with E-state index in [1.54, 1.807) is 52.3 Å². The average molecular weight is 373 g/mol. The molecule has 0 saturated carbocycles. The molecule has 27 heavy (non-hydrogen) atoms. The first-order chi connectivity index (χ1) is 12.8. The van der Waals surface area contributed by atoms with E-state index in [-0.39, 0.29) is 17.4 Å². The van der Waals surface area contributed by atoms with Crippen molar-refractivity contribution in [2.75, 3.05) is 20.8 Å². The molecule has 0 aromatic heterocycles. The molecule has 0 saturated heterocycles. The molecule has 0 aliphatic rings. The second-order valence-electron chi connectivity index (χ2n) is 5.97. The average Bonchev–Trinajstić information content (AvgIpc) is 2.67. The van der Waals surface area contributed by atoms with Crippen molar-refractivity contribution >= 4 is 11.9 Å². The molecule has 0 aliphatic carbocycles. The van der Waals surface area contributed by atoms with Crippen molar-refractivity contribution in [3.63, 3.8) is 0 Å². The number of carbonyl (C=O) groups excluding carboxylic acids is 2. The minimum Gasteiger partial charge on any atom is -0.508 e. The Kier molecular flexibility index (Phi) is 6.65. The molecule has 2 N–H and O–H groups in total. The maximum Gasteiger partial charge on any atom is 0.338 e. The number of phenols is 1. The molecule has 2 aromatic carbocycles. The van der Waals surface area contributed by atoms with E-state index in [0.29, 0.717) is 17.1 Å². The minimum atomic E-state index is -0.688. The van der Waals surface area contributed by atoms with Crippen LogP contribution in [-0.2, 0) is 9.53 Å². The lowest BCUT2D eigenvalue weighted by Gasteiger charge is -2.18. The lowest BCUT2D eigenvalue weighted by atomic mass is 10.1. The smallest absolute Gasteiger partial charge is 0.338 e. The summed E-state index contributed by atoms with van der Waals surface area (Å²) < 4.78 is 15.5. The monoisotopic (exact) mass is 373 g/mol. The SMILES string of the molecule is COc1ccc(OC)c(C(C)NC(=O)COC(=O)c2ccc(C)c(O)c2)c1. The van der Waals surface area contributed by atoms with E-state index < -0.39 is 18.5 Å². The lowest BCUT2D eigenvalue weighted by Crippen LogP contribution is -2.31. The van der Waals surface area contributed by atoms with Gasteiger partial charge in [0.05, 0.1) is 25.8 Å². The third-order valence-corrected chi connectivity index (χ3v) is 4.06. The Morgan fingerprint density at radius 1 is 1.11 bits per heavy atom. The van der Waals surface area contributed by atoms with Crippen LogP contribution in [0.4, 0.5) is 0 Å². The maximum atomic E-state index is 12.1. The first kappa shape index (κ1) is 20.1. The molecule has 1 unspecified atom stereocenters. The third kappa shape index (κ3) is 5.13. The molecule has 0 spiro atoms. The molecule has 1 amide bonds. The first-order valence-electron chi connectivity index (χ1n) is 8.33. The van der Waals surface area contributed by atoms with Gasteiger partial charge in [-0.2, -0.15) is 0 Å². The van der Waals surface area contributed by atoms with Crippen LogP contribution in [0.2, 0.25) is 0 Å². The molecule has 144 valence electrons. The molecule has 0 fully saturated rings. The summed E-state index contributed by atoms with van der Waals surface area (Å²) in [6, 6.07) is 9.33. The largest absolute Gasteiger partial charge is 0.508 e. The van der Waals surface area contributed by atoms with Gasteiger partial charge in [0.15, 0.2) is 6.61 Å². The molecule has 7 nitrogen and oxygen atoms in total. The Balaban J connectivity index is 1.97. The quantitative estimate of drug-likeness (QED) is 0.725. The van der Waals surface area contributed by atoms with Gasteiger partial charge in [-0.05, 0) is 49.7 Å². The number of hydrogen-bond donors (Lipinski definition) is 2. The van der Waals surface area contributed by atoms with Gasteiger partial charge in [-0.25, -0.2) is 4.79 Å². The van der Waals surface area contributed by atoms with E-state index in [1.165, 1.54) is 12.1 Å². The fourth-order valence-corrected chi connectivity index (χ4v) is 2.49. The third-order valence-electron chi connectivity index (χ3n) is 4.06. The molecular weight excluding hydrogens is 350 g/mol. The van der Waals surface area contributed by atoms with E-state index in [2.05, 4.69) is 5.32 Å². The Morgan fingerprint density at radius 3 is 2.48 bits per heavy atom. The number of nitrogens with one attached hydrogen (secondary N) is 1. The molecule has 0 radical (unpaired) electrons. The summed E-state index contributed by atoms with van der Waals surface area (Å²) in [6.07, 6.45) is 0. The molecule has 0 heterocycles. The summed E-state index contributed by atoms with van der Waals surface area (Å²) in [6.45, 7) is 3.06. The van der Waals surface area contributed by atoms with Crippen LogP contribution >= 0.6 is 0 Å². The van der Waals surface area contributed by atoms with E-state index >= 15 is 0 Å². The number of phenolic OH excluding ortho intramolecular Hbond substituents is 1. The highest BCUT2D eigenvalue weighted by Gasteiger charge is 2.17. The van der Waals surface area contributed by atoms with Crippen LogP contribution in [0.15, 0.2) is 36.4 Å². The second-order valence-corrected chi connectivity index (χ2v) is 5.97. The summed E-state index contributed by atoms with van der Waals surface area (Å²) >= 11 is 0. The van der Waals surface area contributed by atoms with Crippen LogP contribution in [0, 0.1) is 6.92 Å². The fourth-order valence-electron chi connectivity index (χ4n) is 2.49. The van der Waals surface area contributed by atoms with Crippen LogP contribution in [0.1, 0.15) is 34.5 Å². The van der Waals surface area contributed by atoms with Gasteiger partial charge in [0.2, 0.25) is 0 Å². The zero-order valence-electron chi connectivity index (χ0n) is 15.7. The number of carbonyl (C=O) groups is 2. The first-order valence-corrected chi connectivity index (χ1v) is 8.33. The van der Waals surface area contributed by atoms with Gasteiger partial charge in [-0.3, -0.25) is 4.79 Å². The van der Waals surface area contributed by atoms with Gasteiger partial charge < -0.3 is 24.6 Å². The normalized spacial score (nSPS) is 11.4. The molecule has 7 heteroatoms. The van der Waals surface area contributed by atoms with Crippen LogP contribution in [0.3, 0.4) is 0 Å². The zero-order valence-corrected chi connectivity index (χ0v) is 15.7. The number of hydrogen-bond acceptors (Lipinski definition) is 6. The standard InChI is InChI=1S/C20H23NO6/c1-12-5-6-14(9-17(12)22)20(24)27-11-19(23)21-13(2)16-10-15(25-3)7-8-18(16)26-4/h5-10,13,22H,11H2,1-4H3,(H,21,23). The van der Waals surface area contributed by atoms with Gasteiger partial charge in [0.25, 0.3) is 5.91 Å². The predicted molar refractivity (Wildman–Crippen MR) is 99.2 cm³/mol. The number of aryl methyl sites for hydroxylation is 1.